The predicted octanol–water partition coefficient (Wildman–Crippen LogP) is 2.93. The first-order valence-corrected chi connectivity index (χ1v) is 10.2. The van der Waals surface area contributed by atoms with Gasteiger partial charge in [-0.05, 0) is 30.2 Å². The summed E-state index contributed by atoms with van der Waals surface area (Å²) in [5.74, 6) is 0. The number of nitrogens with zero attached hydrogens (tertiary/aromatic N) is 2. The summed E-state index contributed by atoms with van der Waals surface area (Å²) in [6, 6.07) is 16.7. The lowest BCUT2D eigenvalue weighted by Crippen LogP contribution is -2.45. The van der Waals surface area contributed by atoms with Crippen molar-refractivity contribution in [1.29, 1.82) is 0 Å². The molecule has 1 aliphatic heterocycles. The summed E-state index contributed by atoms with van der Waals surface area (Å²) in [6.07, 6.45) is 0. The topological polar surface area (TPSA) is 56.8 Å². The molecule has 0 aromatic heterocycles. The normalized spacial score (nSPS) is 15.6. The van der Waals surface area contributed by atoms with Gasteiger partial charge >= 0.3 is 6.03 Å². The Balaban J connectivity index is 1.56. The van der Waals surface area contributed by atoms with E-state index in [4.69, 9.17) is 4.74 Å². The van der Waals surface area contributed by atoms with E-state index in [1.807, 2.05) is 26.2 Å². The lowest BCUT2D eigenvalue weighted by atomic mass is 10.0. The zero-order valence-corrected chi connectivity index (χ0v) is 17.6. The molecular formula is C23H32N4O2. The van der Waals surface area contributed by atoms with Gasteiger partial charge in [-0.25, -0.2) is 4.79 Å². The molecule has 0 aliphatic carbocycles. The standard InChI is InChI=1S/C23H32N4O2/c1-18-5-4-6-20(15-18)22(27-11-13-29-14-12-27)17-25-23(28)24-16-19-7-9-21(10-8-19)26(2)3/h4-10,15,22H,11-14,16-17H2,1-3H3,(H2,24,25,28). The van der Waals surface area contributed by atoms with Gasteiger partial charge in [-0.15, -0.1) is 0 Å². The highest BCUT2D eigenvalue weighted by atomic mass is 16.5. The van der Waals surface area contributed by atoms with Gasteiger partial charge in [0, 0.05) is 46.0 Å². The first-order chi connectivity index (χ1) is 14.0. The van der Waals surface area contributed by atoms with Crippen LogP contribution in [0.1, 0.15) is 22.7 Å². The van der Waals surface area contributed by atoms with Crippen LogP contribution in [0, 0.1) is 6.92 Å². The quantitative estimate of drug-likeness (QED) is 0.756. The van der Waals surface area contributed by atoms with Crippen LogP contribution in [0.3, 0.4) is 0 Å². The second-order valence-electron chi connectivity index (χ2n) is 7.70. The number of carbonyl (C=O) groups is 1. The minimum absolute atomic E-state index is 0.143. The van der Waals surface area contributed by atoms with Gasteiger partial charge in [0.2, 0.25) is 0 Å². The van der Waals surface area contributed by atoms with Crippen molar-refractivity contribution in [3.8, 4) is 0 Å². The first-order valence-electron chi connectivity index (χ1n) is 10.2. The Morgan fingerprint density at radius 1 is 1.10 bits per heavy atom. The predicted molar refractivity (Wildman–Crippen MR) is 117 cm³/mol. The zero-order chi connectivity index (χ0) is 20.6. The average Bonchev–Trinajstić information content (AvgIpc) is 2.73. The number of anilines is 1. The number of amides is 2. The molecule has 29 heavy (non-hydrogen) atoms. The van der Waals surface area contributed by atoms with Crippen LogP contribution < -0.4 is 15.5 Å². The van der Waals surface area contributed by atoms with Gasteiger partial charge in [0.25, 0.3) is 0 Å². The molecule has 1 heterocycles. The number of urea groups is 1. The molecule has 156 valence electrons. The summed E-state index contributed by atoms with van der Waals surface area (Å²) in [6.45, 7) is 6.39. The van der Waals surface area contributed by atoms with Crippen LogP contribution in [0.4, 0.5) is 10.5 Å². The Labute approximate surface area is 173 Å². The fourth-order valence-electron chi connectivity index (χ4n) is 3.57. The van der Waals surface area contributed by atoms with Crippen LogP contribution >= 0.6 is 0 Å². The van der Waals surface area contributed by atoms with Crippen molar-refractivity contribution >= 4 is 11.7 Å². The molecule has 0 radical (unpaired) electrons. The van der Waals surface area contributed by atoms with E-state index < -0.39 is 0 Å². The van der Waals surface area contributed by atoms with E-state index in [-0.39, 0.29) is 12.1 Å². The molecular weight excluding hydrogens is 364 g/mol. The molecule has 0 saturated carbocycles. The molecule has 1 aliphatic rings. The third kappa shape index (κ3) is 6.21. The Morgan fingerprint density at radius 2 is 1.83 bits per heavy atom. The molecule has 2 aromatic rings. The van der Waals surface area contributed by atoms with Crippen LogP contribution in [0.25, 0.3) is 0 Å². The molecule has 1 unspecified atom stereocenters. The monoisotopic (exact) mass is 396 g/mol. The molecule has 1 atom stereocenters. The average molecular weight is 397 g/mol. The fraction of sp³-hybridized carbons (Fsp3) is 0.435. The number of ether oxygens (including phenoxy) is 1. The molecule has 6 nitrogen and oxygen atoms in total. The SMILES string of the molecule is Cc1cccc(C(CNC(=O)NCc2ccc(N(C)C)cc2)N2CCOCC2)c1. The molecule has 1 fully saturated rings. The highest BCUT2D eigenvalue weighted by Gasteiger charge is 2.23. The molecule has 2 aromatic carbocycles. The minimum atomic E-state index is -0.146. The van der Waals surface area contributed by atoms with E-state index >= 15 is 0 Å². The number of benzene rings is 2. The summed E-state index contributed by atoms with van der Waals surface area (Å²) in [4.78, 5) is 16.8. The largest absolute Gasteiger partial charge is 0.379 e. The molecule has 0 spiro atoms. The van der Waals surface area contributed by atoms with Crippen LogP contribution in [-0.4, -0.2) is 57.9 Å². The number of aryl methyl sites for hydroxylation is 1. The van der Waals surface area contributed by atoms with Crippen LogP contribution in [0.2, 0.25) is 0 Å². The van der Waals surface area contributed by atoms with Crippen LogP contribution in [-0.2, 0) is 11.3 Å². The van der Waals surface area contributed by atoms with Crippen molar-refractivity contribution in [3.05, 3.63) is 65.2 Å². The van der Waals surface area contributed by atoms with Crippen molar-refractivity contribution in [2.75, 3.05) is 51.8 Å². The maximum absolute atomic E-state index is 12.4. The molecule has 2 amide bonds. The Kier molecular flexibility index (Phi) is 7.49. The maximum atomic E-state index is 12.4. The highest BCUT2D eigenvalue weighted by Crippen LogP contribution is 2.22. The molecule has 3 rings (SSSR count). The number of nitrogens with one attached hydrogen (secondary N) is 2. The van der Waals surface area contributed by atoms with E-state index in [0.29, 0.717) is 13.1 Å². The molecule has 1 saturated heterocycles. The first kappa shape index (κ1) is 21.1. The third-order valence-electron chi connectivity index (χ3n) is 5.28. The lowest BCUT2D eigenvalue weighted by Gasteiger charge is -2.35. The second kappa shape index (κ2) is 10.3. The number of rotatable bonds is 7. The Morgan fingerprint density at radius 3 is 2.48 bits per heavy atom. The summed E-state index contributed by atoms with van der Waals surface area (Å²) in [7, 11) is 4.03. The van der Waals surface area contributed by atoms with Gasteiger partial charge in [0.1, 0.15) is 0 Å². The maximum Gasteiger partial charge on any atom is 0.315 e. The lowest BCUT2D eigenvalue weighted by molar-refractivity contribution is 0.0167. The Bertz CT molecular complexity index is 786. The summed E-state index contributed by atoms with van der Waals surface area (Å²) in [5.41, 5.74) is 4.68. The van der Waals surface area contributed by atoms with Crippen LogP contribution in [0.5, 0.6) is 0 Å². The van der Waals surface area contributed by atoms with E-state index in [9.17, 15) is 4.79 Å². The van der Waals surface area contributed by atoms with Crippen LogP contribution in [0.15, 0.2) is 48.5 Å². The smallest absolute Gasteiger partial charge is 0.315 e. The van der Waals surface area contributed by atoms with Gasteiger partial charge in [-0.1, -0.05) is 42.0 Å². The van der Waals surface area contributed by atoms with Gasteiger partial charge in [0.15, 0.2) is 0 Å². The van der Waals surface area contributed by atoms with Crippen molar-refractivity contribution in [2.45, 2.75) is 19.5 Å². The van der Waals surface area contributed by atoms with E-state index in [2.05, 4.69) is 63.8 Å². The molecule has 2 N–H and O–H groups in total. The highest BCUT2D eigenvalue weighted by molar-refractivity contribution is 5.73. The van der Waals surface area contributed by atoms with Crippen molar-refractivity contribution < 1.29 is 9.53 Å². The van der Waals surface area contributed by atoms with Crippen molar-refractivity contribution in [1.82, 2.24) is 15.5 Å². The minimum Gasteiger partial charge on any atom is -0.379 e. The number of hydrogen-bond acceptors (Lipinski definition) is 4. The molecule has 0 bridgehead atoms. The third-order valence-corrected chi connectivity index (χ3v) is 5.28. The summed E-state index contributed by atoms with van der Waals surface area (Å²) < 4.78 is 5.50. The molecule has 6 heteroatoms. The van der Waals surface area contributed by atoms with E-state index in [1.165, 1.54) is 11.1 Å². The second-order valence-corrected chi connectivity index (χ2v) is 7.70. The van der Waals surface area contributed by atoms with E-state index in [1.54, 1.807) is 0 Å². The number of hydrogen-bond donors (Lipinski definition) is 2. The summed E-state index contributed by atoms with van der Waals surface area (Å²) >= 11 is 0. The zero-order valence-electron chi connectivity index (χ0n) is 17.6. The Hall–Kier alpha value is -2.57. The van der Waals surface area contributed by atoms with Crippen molar-refractivity contribution in [2.24, 2.45) is 0 Å². The van der Waals surface area contributed by atoms with Gasteiger partial charge in [-0.3, -0.25) is 4.90 Å². The summed E-state index contributed by atoms with van der Waals surface area (Å²) in [5, 5.41) is 6.02. The fourth-order valence-corrected chi connectivity index (χ4v) is 3.57. The number of carbonyl (C=O) groups excluding carboxylic acids is 1. The van der Waals surface area contributed by atoms with Gasteiger partial charge < -0.3 is 20.3 Å². The number of morpholine rings is 1. The van der Waals surface area contributed by atoms with Crippen molar-refractivity contribution in [3.63, 3.8) is 0 Å². The van der Waals surface area contributed by atoms with E-state index in [0.717, 1.165) is 37.6 Å². The van der Waals surface area contributed by atoms with Gasteiger partial charge in [-0.2, -0.15) is 0 Å². The van der Waals surface area contributed by atoms with Gasteiger partial charge in [0.05, 0.1) is 19.3 Å².